The Morgan fingerprint density at radius 1 is 1.17 bits per heavy atom. The van der Waals surface area contributed by atoms with Crippen LogP contribution in [0, 0.1) is 13.8 Å². The fourth-order valence-corrected chi connectivity index (χ4v) is 3.45. The van der Waals surface area contributed by atoms with Gasteiger partial charge in [-0.1, -0.05) is 0 Å². The number of aromatic nitrogens is 5. The second-order valence-electron chi connectivity index (χ2n) is 7.64. The van der Waals surface area contributed by atoms with Crippen LogP contribution in [0.4, 0.5) is 0 Å². The number of phenolic OH excluding ortho intramolecular Hbond substituents is 1. The standard InChI is InChI=1S/C21H20N6O3/c1-10-5-12(6-11(2)18(10)28)15-8-17(23-14-3-4-14)27-19(24-15)13(9-22-27)7-16-20(29)26-21(30)25-16/h5-9,14,28-29H,3-4H2,1-2H3,(H2,25,26,30)/b13-7-,23-17?. The van der Waals surface area contributed by atoms with E-state index >= 15 is 0 Å². The van der Waals surface area contributed by atoms with Crippen molar-refractivity contribution in [2.24, 2.45) is 4.99 Å². The van der Waals surface area contributed by atoms with Crippen molar-refractivity contribution < 1.29 is 10.2 Å². The minimum absolute atomic E-state index is 0.247. The predicted molar refractivity (Wildman–Crippen MR) is 110 cm³/mol. The molecule has 1 aliphatic carbocycles. The number of aromatic hydroxyl groups is 2. The summed E-state index contributed by atoms with van der Waals surface area (Å²) >= 11 is 0. The Bertz CT molecular complexity index is 1450. The highest BCUT2D eigenvalue weighted by Crippen LogP contribution is 2.28. The van der Waals surface area contributed by atoms with Crippen molar-refractivity contribution >= 4 is 11.7 Å². The summed E-state index contributed by atoms with van der Waals surface area (Å²) in [5.74, 6) is 0.0242. The first-order valence-corrected chi connectivity index (χ1v) is 9.65. The molecule has 0 aliphatic heterocycles. The molecular weight excluding hydrogens is 384 g/mol. The molecule has 1 aromatic carbocycles. The molecule has 30 heavy (non-hydrogen) atoms. The quantitative estimate of drug-likeness (QED) is 0.405. The molecule has 1 fully saturated rings. The Hall–Kier alpha value is -3.88. The van der Waals surface area contributed by atoms with Gasteiger partial charge >= 0.3 is 5.69 Å². The van der Waals surface area contributed by atoms with Gasteiger partial charge in [0.1, 0.15) is 11.4 Å². The first-order valence-electron chi connectivity index (χ1n) is 9.65. The highest BCUT2D eigenvalue weighted by molar-refractivity contribution is 5.66. The Morgan fingerprint density at radius 2 is 1.90 bits per heavy atom. The largest absolute Gasteiger partial charge is 0.507 e. The minimum Gasteiger partial charge on any atom is -0.507 e. The maximum Gasteiger partial charge on any atom is 0.326 e. The third kappa shape index (κ3) is 3.14. The fraction of sp³-hybridized carbons (Fsp3) is 0.238. The molecule has 0 radical (unpaired) electrons. The number of nitrogens with one attached hydrogen (secondary N) is 2. The van der Waals surface area contributed by atoms with Crippen LogP contribution in [0.2, 0.25) is 0 Å². The summed E-state index contributed by atoms with van der Waals surface area (Å²) < 4.78 is 1.66. The molecule has 9 nitrogen and oxygen atoms in total. The molecule has 4 aromatic rings. The molecule has 9 heteroatoms. The average Bonchev–Trinajstić information content (AvgIpc) is 3.34. The number of aromatic amines is 2. The second kappa shape index (κ2) is 6.58. The van der Waals surface area contributed by atoms with Gasteiger partial charge < -0.3 is 15.2 Å². The van der Waals surface area contributed by atoms with Crippen molar-refractivity contribution in [3.05, 3.63) is 62.4 Å². The number of rotatable bonds is 3. The van der Waals surface area contributed by atoms with Crippen LogP contribution >= 0.6 is 0 Å². The molecule has 152 valence electrons. The molecule has 0 saturated heterocycles. The molecule has 0 amide bonds. The van der Waals surface area contributed by atoms with E-state index < -0.39 is 5.69 Å². The molecule has 0 spiro atoms. The monoisotopic (exact) mass is 404 g/mol. The Balaban J connectivity index is 1.79. The summed E-state index contributed by atoms with van der Waals surface area (Å²) in [7, 11) is 0. The van der Waals surface area contributed by atoms with Crippen molar-refractivity contribution in [3.63, 3.8) is 0 Å². The smallest absolute Gasteiger partial charge is 0.326 e. The van der Waals surface area contributed by atoms with Gasteiger partial charge in [0.25, 0.3) is 0 Å². The summed E-state index contributed by atoms with van der Waals surface area (Å²) in [5.41, 5.74) is 4.09. The molecule has 3 aromatic heterocycles. The molecule has 0 atom stereocenters. The lowest BCUT2D eigenvalue weighted by Crippen LogP contribution is -2.19. The SMILES string of the molecule is Cc1cc(-c2cc(=NC3CC3)n3nc/c(=C/c4[nH]c(=O)[nH]c4O)c3n2)cc(C)c1O. The summed E-state index contributed by atoms with van der Waals surface area (Å²) in [6.45, 7) is 3.70. The number of imidazole rings is 1. The van der Waals surface area contributed by atoms with Crippen LogP contribution in [0.15, 0.2) is 34.2 Å². The van der Waals surface area contributed by atoms with Gasteiger partial charge in [-0.15, -0.1) is 0 Å². The maximum atomic E-state index is 11.5. The molecule has 1 aliphatic rings. The van der Waals surface area contributed by atoms with Gasteiger partial charge in [-0.25, -0.2) is 9.78 Å². The number of benzene rings is 1. The van der Waals surface area contributed by atoms with Gasteiger partial charge in [0.2, 0.25) is 5.88 Å². The predicted octanol–water partition coefficient (Wildman–Crippen LogP) is 1.05. The van der Waals surface area contributed by atoms with Crippen molar-refractivity contribution in [2.45, 2.75) is 32.7 Å². The molecule has 0 unspecified atom stereocenters. The first kappa shape index (κ1) is 18.2. The Kier molecular flexibility index (Phi) is 3.99. The van der Waals surface area contributed by atoms with E-state index in [1.54, 1.807) is 16.8 Å². The third-order valence-electron chi connectivity index (χ3n) is 5.16. The van der Waals surface area contributed by atoms with Crippen LogP contribution in [0.5, 0.6) is 11.6 Å². The maximum absolute atomic E-state index is 11.5. The minimum atomic E-state index is -0.497. The van der Waals surface area contributed by atoms with Gasteiger partial charge in [-0.2, -0.15) is 9.61 Å². The lowest BCUT2D eigenvalue weighted by atomic mass is 10.0. The summed E-state index contributed by atoms with van der Waals surface area (Å²) in [6.07, 6.45) is 5.33. The molecule has 0 bridgehead atoms. The van der Waals surface area contributed by atoms with Gasteiger partial charge in [-0.05, 0) is 56.0 Å². The first-order chi connectivity index (χ1) is 14.4. The van der Waals surface area contributed by atoms with Gasteiger partial charge in [0.05, 0.1) is 17.9 Å². The number of hydrogen-bond acceptors (Lipinski definition) is 6. The molecule has 5 rings (SSSR count). The molecular formula is C21H20N6O3. The van der Waals surface area contributed by atoms with Gasteiger partial charge in [-0.3, -0.25) is 9.98 Å². The van der Waals surface area contributed by atoms with Crippen LogP contribution in [0.1, 0.15) is 29.7 Å². The lowest BCUT2D eigenvalue weighted by Gasteiger charge is -2.08. The van der Waals surface area contributed by atoms with E-state index in [2.05, 4.69) is 15.1 Å². The van der Waals surface area contributed by atoms with E-state index in [1.807, 2.05) is 32.0 Å². The lowest BCUT2D eigenvalue weighted by molar-refractivity contribution is 0.454. The van der Waals surface area contributed by atoms with E-state index in [9.17, 15) is 15.0 Å². The van der Waals surface area contributed by atoms with Crippen molar-refractivity contribution in [2.75, 3.05) is 0 Å². The van der Waals surface area contributed by atoms with Crippen LogP contribution in [-0.2, 0) is 0 Å². The number of aryl methyl sites for hydroxylation is 2. The number of H-pyrrole nitrogens is 2. The zero-order chi connectivity index (χ0) is 21.0. The molecule has 4 N–H and O–H groups in total. The summed E-state index contributed by atoms with van der Waals surface area (Å²) in [4.78, 5) is 25.8. The van der Waals surface area contributed by atoms with Crippen LogP contribution in [-0.4, -0.2) is 40.8 Å². The normalized spacial score (nSPS) is 15.4. The van der Waals surface area contributed by atoms with Crippen LogP contribution in [0.3, 0.4) is 0 Å². The van der Waals surface area contributed by atoms with Crippen molar-refractivity contribution in [1.29, 1.82) is 0 Å². The number of hydrogen-bond donors (Lipinski definition) is 4. The highest BCUT2D eigenvalue weighted by atomic mass is 16.3. The summed E-state index contributed by atoms with van der Waals surface area (Å²) in [5, 5.41) is 25.1. The van der Waals surface area contributed by atoms with E-state index in [4.69, 9.17) is 9.98 Å². The van der Waals surface area contributed by atoms with E-state index in [0.29, 0.717) is 22.0 Å². The van der Waals surface area contributed by atoms with Crippen molar-refractivity contribution in [1.82, 2.24) is 24.6 Å². The van der Waals surface area contributed by atoms with E-state index in [0.717, 1.165) is 29.5 Å². The van der Waals surface area contributed by atoms with Gasteiger partial charge in [0, 0.05) is 16.8 Å². The average molecular weight is 404 g/mol. The van der Waals surface area contributed by atoms with Crippen molar-refractivity contribution in [3.8, 4) is 22.9 Å². The van der Waals surface area contributed by atoms with E-state index in [-0.39, 0.29) is 23.4 Å². The molecule has 3 heterocycles. The van der Waals surface area contributed by atoms with Gasteiger partial charge in [0.15, 0.2) is 11.1 Å². The van der Waals surface area contributed by atoms with E-state index in [1.165, 1.54) is 0 Å². The summed E-state index contributed by atoms with van der Waals surface area (Å²) in [6, 6.07) is 5.95. The zero-order valence-electron chi connectivity index (χ0n) is 16.5. The number of phenols is 1. The Morgan fingerprint density at radius 3 is 2.53 bits per heavy atom. The Labute approximate surface area is 170 Å². The topological polar surface area (TPSA) is 132 Å². The zero-order valence-corrected chi connectivity index (χ0v) is 16.5. The van der Waals surface area contributed by atoms with Crippen LogP contribution in [0.25, 0.3) is 23.0 Å². The second-order valence-corrected chi connectivity index (χ2v) is 7.64. The third-order valence-corrected chi connectivity index (χ3v) is 5.16. The molecule has 1 saturated carbocycles. The number of fused-ring (bicyclic) bond motifs is 1. The number of nitrogens with zero attached hydrogens (tertiary/aromatic N) is 4. The van der Waals surface area contributed by atoms with Crippen LogP contribution < -0.4 is 16.4 Å². The fourth-order valence-electron chi connectivity index (χ4n) is 3.45. The highest BCUT2D eigenvalue weighted by Gasteiger charge is 2.20.